The van der Waals surface area contributed by atoms with E-state index in [1.165, 1.54) is 6.07 Å². The molecular weight excluding hydrogens is 484 g/mol. The Kier molecular flexibility index (Phi) is 5.94. The minimum Gasteiger partial charge on any atom is -0.352 e. The monoisotopic (exact) mass is 511 g/mol. The molecule has 0 radical (unpaired) electrons. The van der Waals surface area contributed by atoms with Crippen LogP contribution in [0.5, 0.6) is 0 Å². The lowest BCUT2D eigenvalue weighted by Gasteiger charge is -2.41. The van der Waals surface area contributed by atoms with Crippen LogP contribution in [0.1, 0.15) is 37.6 Å². The molecule has 2 aliphatic rings. The van der Waals surface area contributed by atoms with Crippen LogP contribution < -0.4 is 4.90 Å². The van der Waals surface area contributed by atoms with Gasteiger partial charge in [-0.05, 0) is 48.4 Å². The van der Waals surface area contributed by atoms with Gasteiger partial charge < -0.3 is 9.80 Å². The quantitative estimate of drug-likeness (QED) is 0.352. The molecule has 8 heteroatoms. The van der Waals surface area contributed by atoms with Crippen LogP contribution in [0, 0.1) is 29.9 Å². The standard InChI is InChI=1S/C30H27F2N5O/c1-3-25-34-29-22(30(35-25)36-15-19-7-8-20(16-36)37(19)26(38)11-12-33)10-9-21(28(29)32)23-14-17(2)13-18-5-4-6-24(31)27(18)23/h4-6,9-10,13-14,19-20H,3,7-8,11,15-16H2,1-2H3. The second-order valence-corrected chi connectivity index (χ2v) is 10.2. The van der Waals surface area contributed by atoms with E-state index in [1.807, 2.05) is 49.1 Å². The first-order valence-corrected chi connectivity index (χ1v) is 13.0. The van der Waals surface area contributed by atoms with Crippen LogP contribution in [0.3, 0.4) is 0 Å². The number of nitriles is 1. The highest BCUT2D eigenvalue weighted by molar-refractivity contribution is 6.01. The van der Waals surface area contributed by atoms with Gasteiger partial charge in [0, 0.05) is 47.9 Å². The van der Waals surface area contributed by atoms with Gasteiger partial charge in [0.15, 0.2) is 5.82 Å². The number of halogens is 2. The number of fused-ring (bicyclic) bond motifs is 4. The predicted molar refractivity (Wildman–Crippen MR) is 143 cm³/mol. The zero-order valence-corrected chi connectivity index (χ0v) is 21.3. The average Bonchev–Trinajstić information content (AvgIpc) is 3.17. The summed E-state index contributed by atoms with van der Waals surface area (Å²) in [5.41, 5.74) is 1.92. The molecular formula is C30H27F2N5O. The molecule has 4 aromatic rings. The van der Waals surface area contributed by atoms with Crippen LogP contribution in [0.4, 0.5) is 14.6 Å². The lowest BCUT2D eigenvalue weighted by Crippen LogP contribution is -2.56. The molecule has 0 spiro atoms. The first-order valence-electron chi connectivity index (χ1n) is 13.0. The maximum Gasteiger partial charge on any atom is 0.237 e. The Morgan fingerprint density at radius 2 is 1.84 bits per heavy atom. The van der Waals surface area contributed by atoms with Crippen molar-refractivity contribution >= 4 is 33.4 Å². The number of amides is 1. The summed E-state index contributed by atoms with van der Waals surface area (Å²) in [5, 5.41) is 10.7. The first-order chi connectivity index (χ1) is 18.4. The van der Waals surface area contributed by atoms with Crippen LogP contribution in [0.15, 0.2) is 42.5 Å². The van der Waals surface area contributed by atoms with Crippen molar-refractivity contribution in [3.05, 3.63) is 65.5 Å². The van der Waals surface area contributed by atoms with Crippen molar-refractivity contribution in [3.8, 4) is 17.2 Å². The van der Waals surface area contributed by atoms with Crippen LogP contribution in [0.25, 0.3) is 32.8 Å². The summed E-state index contributed by atoms with van der Waals surface area (Å²) < 4.78 is 31.3. The van der Waals surface area contributed by atoms with Crippen molar-refractivity contribution in [2.75, 3.05) is 18.0 Å². The molecule has 6 rings (SSSR count). The smallest absolute Gasteiger partial charge is 0.237 e. The van der Waals surface area contributed by atoms with Gasteiger partial charge in [-0.25, -0.2) is 18.7 Å². The summed E-state index contributed by atoms with van der Waals surface area (Å²) in [6.45, 7) is 4.98. The highest BCUT2D eigenvalue weighted by Crippen LogP contribution is 2.39. The van der Waals surface area contributed by atoms with Crippen molar-refractivity contribution in [2.24, 2.45) is 0 Å². The number of aryl methyl sites for hydroxylation is 2. The molecule has 0 N–H and O–H groups in total. The van der Waals surface area contributed by atoms with Gasteiger partial charge in [0.1, 0.15) is 29.4 Å². The van der Waals surface area contributed by atoms with Crippen LogP contribution >= 0.6 is 0 Å². The highest BCUT2D eigenvalue weighted by Gasteiger charge is 2.43. The molecule has 0 saturated carbocycles. The van der Waals surface area contributed by atoms with Crippen LogP contribution in [-0.2, 0) is 11.2 Å². The van der Waals surface area contributed by atoms with E-state index in [-0.39, 0.29) is 29.9 Å². The Labute approximate surface area is 219 Å². The van der Waals surface area contributed by atoms with Gasteiger partial charge in [-0.15, -0.1) is 0 Å². The summed E-state index contributed by atoms with van der Waals surface area (Å²) in [6.07, 6.45) is 2.15. The van der Waals surface area contributed by atoms with Gasteiger partial charge in [0.25, 0.3) is 0 Å². The second-order valence-electron chi connectivity index (χ2n) is 10.2. The Hall–Kier alpha value is -4.12. The third-order valence-electron chi connectivity index (χ3n) is 7.81. The number of hydrogen-bond donors (Lipinski definition) is 0. The van der Waals surface area contributed by atoms with Crippen molar-refractivity contribution in [1.29, 1.82) is 5.26 Å². The fourth-order valence-electron chi connectivity index (χ4n) is 6.18. The van der Waals surface area contributed by atoms with Gasteiger partial charge in [-0.2, -0.15) is 5.26 Å². The number of piperazine rings is 1. The molecule has 2 bridgehead atoms. The molecule has 6 nitrogen and oxygen atoms in total. The molecule has 192 valence electrons. The van der Waals surface area contributed by atoms with Gasteiger partial charge in [-0.3, -0.25) is 4.79 Å². The molecule has 2 unspecified atom stereocenters. The summed E-state index contributed by atoms with van der Waals surface area (Å²) in [5.74, 6) is 0.159. The molecule has 3 aromatic carbocycles. The fraction of sp³-hybridized carbons (Fsp3) is 0.333. The SMILES string of the molecule is CCc1nc(N2CC3CCC(C2)N3C(=O)CC#N)c2ccc(-c3cc(C)cc4cccc(F)c34)c(F)c2n1. The number of carbonyl (C=O) groups excluding carboxylic acids is 1. The Balaban J connectivity index is 1.47. The number of anilines is 1. The lowest BCUT2D eigenvalue weighted by atomic mass is 9.94. The van der Waals surface area contributed by atoms with Crippen molar-refractivity contribution in [1.82, 2.24) is 14.9 Å². The average molecular weight is 512 g/mol. The molecule has 3 heterocycles. The Morgan fingerprint density at radius 1 is 1.08 bits per heavy atom. The summed E-state index contributed by atoms with van der Waals surface area (Å²) in [4.78, 5) is 25.9. The Morgan fingerprint density at radius 3 is 2.55 bits per heavy atom. The molecule has 2 fully saturated rings. The topological polar surface area (TPSA) is 73.1 Å². The lowest BCUT2D eigenvalue weighted by molar-refractivity contribution is -0.133. The minimum atomic E-state index is -0.498. The third-order valence-corrected chi connectivity index (χ3v) is 7.81. The van der Waals surface area contributed by atoms with Gasteiger partial charge >= 0.3 is 0 Å². The zero-order valence-electron chi connectivity index (χ0n) is 21.3. The van der Waals surface area contributed by atoms with Gasteiger partial charge in [0.2, 0.25) is 5.91 Å². The Bertz CT molecular complexity index is 1630. The predicted octanol–water partition coefficient (Wildman–Crippen LogP) is 5.69. The van der Waals surface area contributed by atoms with E-state index >= 15 is 4.39 Å². The minimum absolute atomic E-state index is 0.00422. The largest absolute Gasteiger partial charge is 0.352 e. The molecule has 38 heavy (non-hydrogen) atoms. The van der Waals surface area contributed by atoms with E-state index in [4.69, 9.17) is 10.2 Å². The molecule has 2 aliphatic heterocycles. The maximum absolute atomic E-state index is 16.3. The first kappa shape index (κ1) is 24.2. The normalized spacial score (nSPS) is 18.8. The molecule has 2 saturated heterocycles. The summed E-state index contributed by atoms with van der Waals surface area (Å²) in [6, 6.07) is 14.1. The van der Waals surface area contributed by atoms with Crippen molar-refractivity contribution in [3.63, 3.8) is 0 Å². The number of nitrogens with zero attached hydrogens (tertiary/aromatic N) is 5. The third kappa shape index (κ3) is 3.85. The van der Waals surface area contributed by atoms with E-state index in [0.717, 1.165) is 23.8 Å². The summed E-state index contributed by atoms with van der Waals surface area (Å²) in [7, 11) is 0. The van der Waals surface area contributed by atoms with Crippen molar-refractivity contribution < 1.29 is 13.6 Å². The summed E-state index contributed by atoms with van der Waals surface area (Å²) >= 11 is 0. The van der Waals surface area contributed by atoms with Crippen LogP contribution in [-0.4, -0.2) is 45.9 Å². The number of hydrogen-bond acceptors (Lipinski definition) is 5. The van der Waals surface area contributed by atoms with E-state index in [2.05, 4.69) is 9.88 Å². The highest BCUT2D eigenvalue weighted by atomic mass is 19.1. The number of benzene rings is 3. The molecule has 2 atom stereocenters. The van der Waals surface area contributed by atoms with E-state index in [9.17, 15) is 9.18 Å². The zero-order chi connectivity index (χ0) is 26.6. The van der Waals surface area contributed by atoms with Crippen LogP contribution in [0.2, 0.25) is 0 Å². The van der Waals surface area contributed by atoms with E-state index in [1.54, 1.807) is 12.1 Å². The number of carbonyl (C=O) groups is 1. The second kappa shape index (κ2) is 9.32. The van der Waals surface area contributed by atoms with E-state index in [0.29, 0.717) is 53.1 Å². The number of aromatic nitrogens is 2. The van der Waals surface area contributed by atoms with Gasteiger partial charge in [0.05, 0.1) is 6.07 Å². The molecule has 1 aromatic heterocycles. The van der Waals surface area contributed by atoms with Gasteiger partial charge in [-0.1, -0.05) is 37.3 Å². The fourth-order valence-corrected chi connectivity index (χ4v) is 6.18. The van der Waals surface area contributed by atoms with E-state index < -0.39 is 11.6 Å². The molecule has 1 amide bonds. The number of rotatable bonds is 4. The molecule has 0 aliphatic carbocycles. The van der Waals surface area contributed by atoms with Crippen molar-refractivity contribution in [2.45, 2.75) is 51.6 Å². The maximum atomic E-state index is 16.3.